The zero-order valence-corrected chi connectivity index (χ0v) is 21.1. The zero-order chi connectivity index (χ0) is 25.8. The summed E-state index contributed by atoms with van der Waals surface area (Å²) in [6.07, 6.45) is 0.594. The third-order valence-corrected chi connectivity index (χ3v) is 6.34. The van der Waals surface area contributed by atoms with Crippen molar-refractivity contribution in [1.82, 2.24) is 19.5 Å². The molecule has 3 rings (SSSR count). The topological polar surface area (TPSA) is 178 Å². The molecule has 0 saturated heterocycles. The first-order valence-electron chi connectivity index (χ1n) is 10.9. The number of aromatic nitrogens is 4. The minimum atomic E-state index is -3.69. The van der Waals surface area contributed by atoms with Gasteiger partial charge in [-0.15, -0.1) is 0 Å². The molecule has 13 heteroatoms. The summed E-state index contributed by atoms with van der Waals surface area (Å²) in [4.78, 5) is 33.9. The third-order valence-electron chi connectivity index (χ3n) is 5.01. The molecule has 2 unspecified atom stereocenters. The van der Waals surface area contributed by atoms with Crippen molar-refractivity contribution in [3.63, 3.8) is 0 Å². The van der Waals surface area contributed by atoms with Gasteiger partial charge < -0.3 is 34.9 Å². The van der Waals surface area contributed by atoms with Gasteiger partial charge >= 0.3 is 19.7 Å². The molecular formula is C22H31N6O6P. The number of primary amides is 1. The molecule has 0 aliphatic heterocycles. The number of carbonyl (C=O) groups is 1. The normalized spacial score (nSPS) is 14.4. The van der Waals surface area contributed by atoms with Crippen LogP contribution in [-0.2, 0) is 26.5 Å². The number of benzene rings is 1. The first-order chi connectivity index (χ1) is 16.3. The number of ether oxygens (including phenoxy) is 2. The van der Waals surface area contributed by atoms with Gasteiger partial charge in [-0.05, 0) is 23.0 Å². The fourth-order valence-corrected chi connectivity index (χ4v) is 4.36. The second kappa shape index (κ2) is 10.6. The largest absolute Gasteiger partial charge is 0.456 e. The molecule has 1 amide bonds. The number of imidazole rings is 1. The number of amides is 1. The van der Waals surface area contributed by atoms with E-state index in [2.05, 4.69) is 19.5 Å². The highest BCUT2D eigenvalue weighted by molar-refractivity contribution is 7.51. The van der Waals surface area contributed by atoms with Crippen molar-refractivity contribution in [2.45, 2.75) is 46.0 Å². The maximum absolute atomic E-state index is 11.9. The van der Waals surface area contributed by atoms with Crippen LogP contribution >= 0.6 is 7.60 Å². The van der Waals surface area contributed by atoms with E-state index in [4.69, 9.17) is 20.9 Å². The van der Waals surface area contributed by atoms with Gasteiger partial charge in [-0.2, -0.15) is 9.97 Å². The van der Waals surface area contributed by atoms with Gasteiger partial charge in [-0.1, -0.05) is 45.0 Å². The van der Waals surface area contributed by atoms with E-state index in [0.717, 1.165) is 5.56 Å². The second-order valence-electron chi connectivity index (χ2n) is 9.37. The number of nitrogens with two attached hydrogens (primary N) is 2. The Bertz CT molecular complexity index is 1240. The van der Waals surface area contributed by atoms with Crippen LogP contribution in [0, 0.1) is 5.41 Å². The summed E-state index contributed by atoms with van der Waals surface area (Å²) in [6, 6.07) is 7.28. The maximum Gasteiger partial charge on any atom is 0.404 e. The molecule has 2 aromatic heterocycles. The number of nitrogens with zero attached hydrogens (tertiary/aromatic N) is 4. The minimum absolute atomic E-state index is 0.0223. The van der Waals surface area contributed by atoms with E-state index in [-0.39, 0.29) is 30.0 Å². The van der Waals surface area contributed by atoms with Crippen LogP contribution in [0.25, 0.3) is 11.2 Å². The van der Waals surface area contributed by atoms with Crippen molar-refractivity contribution in [3.05, 3.63) is 41.7 Å². The smallest absolute Gasteiger partial charge is 0.404 e. The molecule has 0 aliphatic rings. The highest BCUT2D eigenvalue weighted by Crippen LogP contribution is 2.44. The van der Waals surface area contributed by atoms with Crippen LogP contribution < -0.4 is 16.2 Å². The third kappa shape index (κ3) is 7.64. The fourth-order valence-electron chi connectivity index (χ4n) is 3.57. The number of hydrogen-bond donors (Lipinski definition) is 3. The summed E-state index contributed by atoms with van der Waals surface area (Å²) in [5.74, 6) is 0.143. The molecule has 0 spiro atoms. The van der Waals surface area contributed by atoms with Crippen LogP contribution in [0.3, 0.4) is 0 Å². The molecule has 0 bridgehead atoms. The molecule has 0 aliphatic carbocycles. The van der Waals surface area contributed by atoms with Crippen LogP contribution in [0.5, 0.6) is 6.01 Å². The van der Waals surface area contributed by atoms with Crippen LogP contribution in [0.4, 0.5) is 10.6 Å². The molecule has 2 heterocycles. The van der Waals surface area contributed by atoms with Crippen molar-refractivity contribution < 1.29 is 28.3 Å². The Labute approximate surface area is 203 Å². The van der Waals surface area contributed by atoms with Crippen molar-refractivity contribution in [3.8, 4) is 6.01 Å². The van der Waals surface area contributed by atoms with E-state index >= 15 is 0 Å². The fraction of sp³-hybridized carbons (Fsp3) is 0.455. The van der Waals surface area contributed by atoms with Crippen molar-refractivity contribution in [2.24, 2.45) is 11.1 Å². The first-order valence-corrected chi connectivity index (χ1v) is 12.6. The Hall–Kier alpha value is -3.21. The van der Waals surface area contributed by atoms with E-state index < -0.39 is 19.8 Å². The molecule has 2 atom stereocenters. The number of rotatable bonds is 10. The Morgan fingerprint density at radius 1 is 1.26 bits per heavy atom. The van der Waals surface area contributed by atoms with Gasteiger partial charge in [0.05, 0.1) is 19.0 Å². The van der Waals surface area contributed by atoms with E-state index in [1.807, 2.05) is 32.9 Å². The Morgan fingerprint density at radius 3 is 2.63 bits per heavy atom. The summed E-state index contributed by atoms with van der Waals surface area (Å²) in [6.45, 7) is 6.39. The number of fused-ring (bicyclic) bond motifs is 1. The highest BCUT2D eigenvalue weighted by atomic mass is 31.2. The molecule has 3 aromatic rings. The van der Waals surface area contributed by atoms with E-state index in [0.29, 0.717) is 29.7 Å². The van der Waals surface area contributed by atoms with Crippen molar-refractivity contribution in [1.29, 1.82) is 0 Å². The van der Waals surface area contributed by atoms with Gasteiger partial charge in [0.15, 0.2) is 17.0 Å². The van der Waals surface area contributed by atoms with Gasteiger partial charge in [0, 0.05) is 7.11 Å². The molecule has 0 fully saturated rings. The average molecular weight is 507 g/mol. The zero-order valence-electron chi connectivity index (χ0n) is 20.2. The van der Waals surface area contributed by atoms with Crippen LogP contribution in [0.1, 0.15) is 38.3 Å². The van der Waals surface area contributed by atoms with E-state index in [1.165, 1.54) is 7.11 Å². The molecule has 5 N–H and O–H groups in total. The predicted molar refractivity (Wildman–Crippen MR) is 130 cm³/mol. The van der Waals surface area contributed by atoms with Crippen LogP contribution in [0.2, 0.25) is 0 Å². The number of anilines is 1. The molecule has 0 saturated carbocycles. The molecular weight excluding hydrogens is 475 g/mol. The number of carbonyl (C=O) groups excluding carboxylic acids is 1. The Balaban J connectivity index is 1.87. The molecule has 12 nitrogen and oxygen atoms in total. The lowest BCUT2D eigenvalue weighted by atomic mass is 9.89. The van der Waals surface area contributed by atoms with Gasteiger partial charge in [-0.25, -0.2) is 9.78 Å². The van der Waals surface area contributed by atoms with Gasteiger partial charge in [0.25, 0.3) is 0 Å². The molecule has 1 aromatic carbocycles. The summed E-state index contributed by atoms with van der Waals surface area (Å²) in [5, 5.41) is 0. The van der Waals surface area contributed by atoms with Crippen molar-refractivity contribution in [2.75, 3.05) is 19.5 Å². The summed E-state index contributed by atoms with van der Waals surface area (Å²) in [7, 11) is -2.48. The first kappa shape index (κ1) is 26.4. The molecule has 0 radical (unpaired) electrons. The minimum Gasteiger partial charge on any atom is -0.456 e. The molecule has 35 heavy (non-hydrogen) atoms. The van der Waals surface area contributed by atoms with Crippen molar-refractivity contribution >= 4 is 30.7 Å². The maximum atomic E-state index is 11.9. The van der Waals surface area contributed by atoms with Gasteiger partial charge in [-0.3, -0.25) is 4.57 Å². The Kier molecular flexibility index (Phi) is 7.99. The average Bonchev–Trinajstić information content (AvgIpc) is 3.14. The van der Waals surface area contributed by atoms with Crippen LogP contribution in [-0.4, -0.2) is 50.3 Å². The summed E-state index contributed by atoms with van der Waals surface area (Å²) < 4.78 is 29.3. The predicted octanol–water partition coefficient (Wildman–Crippen LogP) is 3.07. The lowest BCUT2D eigenvalue weighted by Gasteiger charge is -2.25. The summed E-state index contributed by atoms with van der Waals surface area (Å²) >= 11 is 0. The highest BCUT2D eigenvalue weighted by Gasteiger charge is 2.24. The number of hydrogen-bond acceptors (Lipinski definition) is 9. The lowest BCUT2D eigenvalue weighted by molar-refractivity contribution is 0.0575. The second-order valence-corrected chi connectivity index (χ2v) is 11.3. The van der Waals surface area contributed by atoms with Crippen LogP contribution in [0.15, 0.2) is 30.6 Å². The molecule has 190 valence electrons. The van der Waals surface area contributed by atoms with Gasteiger partial charge in [0.2, 0.25) is 0 Å². The monoisotopic (exact) mass is 506 g/mol. The standard InChI is InChI=1S/C22H31N6O6P/c1-22(2,3)9-16(11-33-20(24)29)34-21-26-18(23)17-19(27-21)28(13-25-17)10-14-6-5-7-15(8-14)12-35(30,31)32-4/h5-8,13,16H,9-12H2,1-4H3,(H2,24,29)(H,30,31)(H2,23,26,27). The summed E-state index contributed by atoms with van der Waals surface area (Å²) in [5.41, 5.74) is 13.5. The quantitative estimate of drug-likeness (QED) is 0.346. The SMILES string of the molecule is COP(=O)(O)Cc1cccc(Cn2cnc3c(N)nc(OC(COC(N)=O)CC(C)(C)C)nc32)c1. The Morgan fingerprint density at radius 2 is 1.97 bits per heavy atom. The van der Waals surface area contributed by atoms with E-state index in [1.54, 1.807) is 23.0 Å². The van der Waals surface area contributed by atoms with Gasteiger partial charge in [0.1, 0.15) is 12.7 Å². The van der Waals surface area contributed by atoms with E-state index in [9.17, 15) is 14.3 Å². The lowest BCUT2D eigenvalue weighted by Crippen LogP contribution is -2.31. The number of nitrogen functional groups attached to an aromatic ring is 1.